The van der Waals surface area contributed by atoms with Gasteiger partial charge in [-0.05, 0) is 40.0 Å². The van der Waals surface area contributed by atoms with E-state index in [4.69, 9.17) is 9.84 Å². The van der Waals surface area contributed by atoms with E-state index < -0.39 is 11.7 Å². The third-order valence-corrected chi connectivity index (χ3v) is 3.01. The Morgan fingerprint density at radius 1 is 1.37 bits per heavy atom. The van der Waals surface area contributed by atoms with Gasteiger partial charge in [0.05, 0.1) is 12.7 Å². The van der Waals surface area contributed by atoms with Gasteiger partial charge in [-0.15, -0.1) is 0 Å². The van der Waals surface area contributed by atoms with E-state index in [0.29, 0.717) is 6.54 Å². The molecule has 1 aliphatic rings. The first-order chi connectivity index (χ1) is 8.80. The molecule has 19 heavy (non-hydrogen) atoms. The van der Waals surface area contributed by atoms with Crippen molar-refractivity contribution in [2.45, 2.75) is 63.8 Å². The first-order valence-electron chi connectivity index (χ1n) is 6.82. The van der Waals surface area contributed by atoms with Gasteiger partial charge in [-0.1, -0.05) is 0 Å². The molecule has 1 saturated carbocycles. The highest BCUT2D eigenvalue weighted by molar-refractivity contribution is 5.68. The number of amides is 1. The molecule has 6 nitrogen and oxygen atoms in total. The molecular weight excluding hydrogens is 248 g/mol. The molecule has 0 heterocycles. The van der Waals surface area contributed by atoms with Gasteiger partial charge in [0.1, 0.15) is 5.60 Å². The molecular formula is C13H26N2O4. The number of aliphatic hydroxyl groups excluding tert-OH is 2. The summed E-state index contributed by atoms with van der Waals surface area (Å²) < 4.78 is 5.21. The Morgan fingerprint density at radius 2 is 2.00 bits per heavy atom. The van der Waals surface area contributed by atoms with Gasteiger partial charge in [0.15, 0.2) is 0 Å². The molecule has 1 rings (SSSR count). The van der Waals surface area contributed by atoms with Crippen molar-refractivity contribution in [1.29, 1.82) is 0 Å². The fourth-order valence-electron chi connectivity index (χ4n) is 2.14. The maximum atomic E-state index is 11.6. The molecule has 3 unspecified atom stereocenters. The quantitative estimate of drug-likeness (QED) is 0.582. The van der Waals surface area contributed by atoms with Crippen molar-refractivity contribution in [2.75, 3.05) is 13.2 Å². The van der Waals surface area contributed by atoms with Gasteiger partial charge in [0, 0.05) is 18.6 Å². The molecule has 1 aliphatic carbocycles. The summed E-state index contributed by atoms with van der Waals surface area (Å²) in [4.78, 5) is 11.6. The number of carbonyl (C=O) groups is 1. The van der Waals surface area contributed by atoms with Crippen LogP contribution in [0.25, 0.3) is 0 Å². The van der Waals surface area contributed by atoms with E-state index in [1.54, 1.807) is 0 Å². The van der Waals surface area contributed by atoms with Gasteiger partial charge < -0.3 is 25.6 Å². The zero-order valence-corrected chi connectivity index (χ0v) is 12.0. The maximum Gasteiger partial charge on any atom is 0.407 e. The summed E-state index contributed by atoms with van der Waals surface area (Å²) in [6.07, 6.45) is 1.55. The number of rotatable bonds is 5. The van der Waals surface area contributed by atoms with Gasteiger partial charge in [0.25, 0.3) is 0 Å². The summed E-state index contributed by atoms with van der Waals surface area (Å²) in [6.45, 7) is 5.64. The molecule has 0 aromatic carbocycles. The van der Waals surface area contributed by atoms with Gasteiger partial charge >= 0.3 is 6.09 Å². The molecule has 0 aromatic heterocycles. The number of hydrogen-bond donors (Lipinski definition) is 4. The van der Waals surface area contributed by atoms with Gasteiger partial charge in [-0.2, -0.15) is 0 Å². The lowest BCUT2D eigenvalue weighted by molar-refractivity contribution is 0.0504. The van der Waals surface area contributed by atoms with Crippen LogP contribution in [0.5, 0.6) is 0 Å². The highest BCUT2D eigenvalue weighted by Crippen LogP contribution is 2.19. The summed E-state index contributed by atoms with van der Waals surface area (Å²) in [5.41, 5.74) is -0.481. The van der Waals surface area contributed by atoms with E-state index in [1.807, 2.05) is 20.8 Å². The Bertz CT molecular complexity index is 291. The van der Waals surface area contributed by atoms with Gasteiger partial charge in [-0.25, -0.2) is 4.79 Å². The van der Waals surface area contributed by atoms with Crippen LogP contribution >= 0.6 is 0 Å². The SMILES string of the molecule is CC(C)(C)OC(=O)NC1CCC(NCC(O)CO)C1. The molecule has 6 heteroatoms. The number of nitrogens with one attached hydrogen (secondary N) is 2. The van der Waals surface area contributed by atoms with Crippen LogP contribution in [0.15, 0.2) is 0 Å². The Kier molecular flexibility index (Phi) is 6.03. The minimum absolute atomic E-state index is 0.110. The molecule has 0 aromatic rings. The predicted molar refractivity (Wildman–Crippen MR) is 71.9 cm³/mol. The van der Waals surface area contributed by atoms with Crippen molar-refractivity contribution in [3.8, 4) is 0 Å². The fourth-order valence-corrected chi connectivity index (χ4v) is 2.14. The second-order valence-electron chi connectivity index (χ2n) is 6.10. The second-order valence-corrected chi connectivity index (χ2v) is 6.10. The molecule has 1 fully saturated rings. The second kappa shape index (κ2) is 7.07. The number of hydrogen-bond acceptors (Lipinski definition) is 5. The molecule has 0 bridgehead atoms. The van der Waals surface area contributed by atoms with Crippen molar-refractivity contribution in [2.24, 2.45) is 0 Å². The highest BCUT2D eigenvalue weighted by Gasteiger charge is 2.27. The Hall–Kier alpha value is -0.850. The van der Waals surface area contributed by atoms with Crippen LogP contribution in [0.2, 0.25) is 0 Å². The minimum Gasteiger partial charge on any atom is -0.444 e. The normalized spacial score (nSPS) is 25.1. The standard InChI is InChI=1S/C13H26N2O4/c1-13(2,3)19-12(18)15-10-5-4-9(6-10)14-7-11(17)8-16/h9-11,14,16-17H,4-8H2,1-3H3,(H,15,18). The molecule has 0 aliphatic heterocycles. The van der Waals surface area contributed by atoms with Gasteiger partial charge in [0.2, 0.25) is 0 Å². The first kappa shape index (κ1) is 16.2. The zero-order valence-electron chi connectivity index (χ0n) is 12.0. The van der Waals surface area contributed by atoms with Crippen LogP contribution in [0.1, 0.15) is 40.0 Å². The van der Waals surface area contributed by atoms with E-state index in [9.17, 15) is 9.90 Å². The van der Waals surface area contributed by atoms with E-state index >= 15 is 0 Å². The molecule has 1 amide bonds. The molecule has 0 spiro atoms. The van der Waals surface area contributed by atoms with Crippen LogP contribution in [0.4, 0.5) is 4.79 Å². The van der Waals surface area contributed by atoms with Crippen LogP contribution in [-0.2, 0) is 4.74 Å². The van der Waals surface area contributed by atoms with Crippen molar-refractivity contribution in [3.05, 3.63) is 0 Å². The number of carbonyl (C=O) groups excluding carboxylic acids is 1. The topological polar surface area (TPSA) is 90.8 Å². The van der Waals surface area contributed by atoms with Crippen LogP contribution in [-0.4, -0.2) is 53.2 Å². The lowest BCUT2D eigenvalue weighted by Crippen LogP contribution is -2.40. The third-order valence-electron chi connectivity index (χ3n) is 3.01. The fraction of sp³-hybridized carbons (Fsp3) is 0.923. The zero-order chi connectivity index (χ0) is 14.5. The predicted octanol–water partition coefficient (Wildman–Crippen LogP) is 0.375. The molecule has 0 radical (unpaired) electrons. The molecule has 3 atom stereocenters. The molecule has 4 N–H and O–H groups in total. The number of ether oxygens (including phenoxy) is 1. The maximum absolute atomic E-state index is 11.6. The van der Waals surface area contributed by atoms with E-state index in [0.717, 1.165) is 19.3 Å². The molecule has 0 saturated heterocycles. The van der Waals surface area contributed by atoms with Crippen molar-refractivity contribution >= 4 is 6.09 Å². The summed E-state index contributed by atoms with van der Waals surface area (Å²) >= 11 is 0. The average Bonchev–Trinajstić information content (AvgIpc) is 2.70. The Balaban J connectivity index is 2.23. The van der Waals surface area contributed by atoms with Crippen LogP contribution in [0, 0.1) is 0 Å². The Labute approximate surface area is 114 Å². The Morgan fingerprint density at radius 3 is 2.58 bits per heavy atom. The first-order valence-corrected chi connectivity index (χ1v) is 6.82. The summed E-state index contributed by atoms with van der Waals surface area (Å²) in [7, 11) is 0. The van der Waals surface area contributed by atoms with E-state index in [-0.39, 0.29) is 24.8 Å². The van der Waals surface area contributed by atoms with Crippen molar-refractivity contribution < 1.29 is 19.7 Å². The van der Waals surface area contributed by atoms with Crippen LogP contribution < -0.4 is 10.6 Å². The average molecular weight is 274 g/mol. The largest absolute Gasteiger partial charge is 0.444 e. The number of alkyl carbamates (subject to hydrolysis) is 1. The highest BCUT2D eigenvalue weighted by atomic mass is 16.6. The van der Waals surface area contributed by atoms with E-state index in [1.165, 1.54) is 0 Å². The van der Waals surface area contributed by atoms with Gasteiger partial charge in [-0.3, -0.25) is 0 Å². The lowest BCUT2D eigenvalue weighted by atomic mass is 10.2. The van der Waals surface area contributed by atoms with Crippen molar-refractivity contribution in [3.63, 3.8) is 0 Å². The minimum atomic E-state index is -0.724. The molecule has 112 valence electrons. The lowest BCUT2D eigenvalue weighted by Gasteiger charge is -2.22. The number of aliphatic hydroxyl groups is 2. The van der Waals surface area contributed by atoms with Crippen molar-refractivity contribution in [1.82, 2.24) is 10.6 Å². The van der Waals surface area contributed by atoms with Crippen LogP contribution in [0.3, 0.4) is 0 Å². The smallest absolute Gasteiger partial charge is 0.407 e. The third kappa shape index (κ3) is 6.75. The summed E-state index contributed by atoms with van der Waals surface area (Å²) in [5, 5.41) is 24.0. The van der Waals surface area contributed by atoms with E-state index in [2.05, 4.69) is 10.6 Å². The monoisotopic (exact) mass is 274 g/mol. The summed E-state index contributed by atoms with van der Waals surface area (Å²) in [6, 6.07) is 0.375. The summed E-state index contributed by atoms with van der Waals surface area (Å²) in [5.74, 6) is 0.